The average molecular weight is 786 g/mol. The van der Waals surface area contributed by atoms with Crippen LogP contribution in [0.25, 0.3) is 0 Å². The minimum absolute atomic E-state index is 0.109. The van der Waals surface area contributed by atoms with Crippen LogP contribution in [0.5, 0.6) is 0 Å². The molecule has 2 aromatic heterocycles. The summed E-state index contributed by atoms with van der Waals surface area (Å²) in [5.74, 6) is -7.89. The van der Waals surface area contributed by atoms with E-state index in [9.17, 15) is 44.3 Å². The zero-order chi connectivity index (χ0) is 41.2. The molecule has 1 aromatic carbocycles. The quantitative estimate of drug-likeness (QED) is 0.249. The molecule has 2 unspecified atom stereocenters. The maximum absolute atomic E-state index is 14.0. The Balaban J connectivity index is 0.000000393. The first-order chi connectivity index (χ1) is 24.8. The monoisotopic (exact) mass is 785 g/mol. The largest absolute Gasteiger partial charge is 0.490 e. The zero-order valence-electron chi connectivity index (χ0n) is 28.8. The Bertz CT molecular complexity index is 1670. The number of carboxylic acid groups (broad SMARTS) is 3. The number of pyridine rings is 1. The second-order valence-electron chi connectivity index (χ2n) is 12.4. The summed E-state index contributed by atoms with van der Waals surface area (Å²) in [5, 5.41) is 21.4. The molecule has 4 heterocycles. The third-order valence-electron chi connectivity index (χ3n) is 8.07. The van der Waals surface area contributed by atoms with Crippen molar-refractivity contribution < 1.29 is 74.0 Å². The summed E-state index contributed by atoms with van der Waals surface area (Å²) in [4.78, 5) is 54.1. The molecular weight excluding hydrogens is 749 g/mol. The summed E-state index contributed by atoms with van der Waals surface area (Å²) < 4.78 is 97.4. The number of alkyl halides is 9. The van der Waals surface area contributed by atoms with Crippen molar-refractivity contribution >= 4 is 23.8 Å². The second kappa shape index (κ2) is 18.2. The van der Waals surface area contributed by atoms with Gasteiger partial charge in [0.25, 0.3) is 0 Å². The van der Waals surface area contributed by atoms with Gasteiger partial charge in [0.2, 0.25) is 5.91 Å². The lowest BCUT2D eigenvalue weighted by Gasteiger charge is -2.28. The molecule has 12 nitrogen and oxygen atoms in total. The first kappa shape index (κ1) is 44.9. The molecule has 298 valence electrons. The van der Waals surface area contributed by atoms with E-state index in [4.69, 9.17) is 34.7 Å². The van der Waals surface area contributed by atoms with E-state index < -0.39 is 41.9 Å². The Kier molecular flexibility index (Phi) is 15.2. The number of amides is 1. The molecule has 3 N–H and O–H groups in total. The van der Waals surface area contributed by atoms with Gasteiger partial charge in [-0.15, -0.1) is 0 Å². The zero-order valence-corrected chi connectivity index (χ0v) is 28.8. The number of rotatable bonds is 6. The first-order valence-electron chi connectivity index (χ1n) is 15.7. The van der Waals surface area contributed by atoms with Gasteiger partial charge in [0.1, 0.15) is 0 Å². The number of hydrogen-bond donors (Lipinski definition) is 3. The van der Waals surface area contributed by atoms with Crippen molar-refractivity contribution in [1.29, 1.82) is 0 Å². The standard InChI is InChI=1S/C27H33N5O.3C2HF3O2/c1-20(2)32-17-25(29-19-32)24-16-30(14-23-6-4-5-21(3)13-23)18-27(24)9-12-31(26(27)33)15-22-7-10-28-11-8-22;3*3-2(4,5)1(6)7/h4-8,10-11,13,17,19-20,24H,9,12,14-16,18H2,1-3H3;3*(H,6,7). The molecule has 2 aliphatic heterocycles. The Hall–Kier alpha value is -5.21. The number of aliphatic carboxylic acids is 3. The van der Waals surface area contributed by atoms with Crippen molar-refractivity contribution in [2.75, 3.05) is 19.6 Å². The van der Waals surface area contributed by atoms with Crippen LogP contribution in [0.3, 0.4) is 0 Å². The molecule has 3 aromatic rings. The van der Waals surface area contributed by atoms with Gasteiger partial charge in [-0.25, -0.2) is 19.4 Å². The number of likely N-dealkylation sites (tertiary alicyclic amines) is 2. The minimum atomic E-state index is -5.08. The summed E-state index contributed by atoms with van der Waals surface area (Å²) >= 11 is 0. The second-order valence-corrected chi connectivity index (χ2v) is 12.4. The van der Waals surface area contributed by atoms with E-state index >= 15 is 0 Å². The van der Waals surface area contributed by atoms with Gasteiger partial charge < -0.3 is 24.8 Å². The van der Waals surface area contributed by atoms with Crippen LogP contribution >= 0.6 is 0 Å². The van der Waals surface area contributed by atoms with E-state index in [0.717, 1.165) is 43.9 Å². The average Bonchev–Trinajstić information content (AvgIpc) is 3.76. The highest BCUT2D eigenvalue weighted by Gasteiger charge is 2.57. The smallest absolute Gasteiger partial charge is 0.475 e. The molecule has 0 aliphatic carbocycles. The van der Waals surface area contributed by atoms with Crippen molar-refractivity contribution in [2.45, 2.75) is 70.8 Å². The van der Waals surface area contributed by atoms with Crippen LogP contribution in [0.2, 0.25) is 0 Å². The highest BCUT2D eigenvalue weighted by atomic mass is 19.4. The molecule has 0 bridgehead atoms. The summed E-state index contributed by atoms with van der Waals surface area (Å²) in [6, 6.07) is 13.0. The summed E-state index contributed by atoms with van der Waals surface area (Å²) in [6.45, 7) is 10.4. The maximum Gasteiger partial charge on any atom is 0.490 e. The molecule has 5 rings (SSSR count). The number of aryl methyl sites for hydroxylation is 1. The molecular formula is C33H36F9N5O7. The lowest BCUT2D eigenvalue weighted by atomic mass is 9.75. The van der Waals surface area contributed by atoms with Crippen LogP contribution < -0.4 is 0 Å². The summed E-state index contributed by atoms with van der Waals surface area (Å²) in [6.07, 6.45) is -6.70. The molecule has 21 heteroatoms. The topological polar surface area (TPSA) is 166 Å². The third-order valence-corrected chi connectivity index (χ3v) is 8.07. The Morgan fingerprint density at radius 1 is 0.852 bits per heavy atom. The molecule has 54 heavy (non-hydrogen) atoms. The van der Waals surface area contributed by atoms with Crippen molar-refractivity contribution in [3.8, 4) is 0 Å². The normalized spacial score (nSPS) is 18.6. The van der Waals surface area contributed by atoms with E-state index in [1.54, 1.807) is 12.4 Å². The number of hydrogen-bond acceptors (Lipinski definition) is 7. The molecule has 2 saturated heterocycles. The van der Waals surface area contributed by atoms with Crippen molar-refractivity contribution in [1.82, 2.24) is 24.3 Å². The number of carboxylic acids is 3. The SMILES string of the molecule is Cc1cccc(CN2CC(c3cn(C(C)C)cn3)C3(CCN(Cc4ccncc4)C3=O)C2)c1.O=C(O)C(F)(F)F.O=C(O)C(F)(F)F.O=C(O)C(F)(F)F. The summed E-state index contributed by atoms with van der Waals surface area (Å²) in [5.41, 5.74) is 4.35. The van der Waals surface area contributed by atoms with Crippen LogP contribution in [0.15, 0.2) is 61.3 Å². The predicted molar refractivity (Wildman–Crippen MR) is 170 cm³/mol. The van der Waals surface area contributed by atoms with E-state index in [1.807, 2.05) is 23.4 Å². The molecule has 1 spiro atoms. The molecule has 1 amide bonds. The fraction of sp³-hybridized carbons (Fsp3) is 0.455. The number of halogens is 9. The van der Waals surface area contributed by atoms with Gasteiger partial charge in [0.05, 0.1) is 17.4 Å². The van der Waals surface area contributed by atoms with Crippen molar-refractivity contribution in [2.24, 2.45) is 5.41 Å². The molecule has 0 saturated carbocycles. The molecule has 2 aliphatic rings. The van der Waals surface area contributed by atoms with E-state index in [2.05, 4.69) is 65.7 Å². The number of carbonyl (C=O) groups excluding carboxylic acids is 1. The number of nitrogens with zero attached hydrogens (tertiary/aromatic N) is 5. The molecule has 2 atom stereocenters. The number of aromatic nitrogens is 3. The van der Waals surface area contributed by atoms with E-state index in [0.29, 0.717) is 12.6 Å². The Labute approximate surface area is 301 Å². The number of carbonyl (C=O) groups is 4. The number of imidazole rings is 1. The fourth-order valence-electron chi connectivity index (χ4n) is 5.57. The Morgan fingerprint density at radius 2 is 1.37 bits per heavy atom. The lowest BCUT2D eigenvalue weighted by Crippen LogP contribution is -2.39. The van der Waals surface area contributed by atoms with Crippen LogP contribution in [0.4, 0.5) is 39.5 Å². The van der Waals surface area contributed by atoms with E-state index in [1.165, 1.54) is 11.1 Å². The van der Waals surface area contributed by atoms with E-state index in [-0.39, 0.29) is 11.8 Å². The lowest BCUT2D eigenvalue weighted by molar-refractivity contribution is -0.193. The highest BCUT2D eigenvalue weighted by molar-refractivity contribution is 5.87. The van der Waals surface area contributed by atoms with Crippen LogP contribution in [0.1, 0.15) is 54.6 Å². The molecule has 2 fully saturated rings. The molecule has 0 radical (unpaired) electrons. The van der Waals surface area contributed by atoms with Crippen LogP contribution in [-0.2, 0) is 32.3 Å². The van der Waals surface area contributed by atoms with Crippen molar-refractivity contribution in [3.05, 3.63) is 83.7 Å². The predicted octanol–water partition coefficient (Wildman–Crippen LogP) is 6.09. The van der Waals surface area contributed by atoms with Gasteiger partial charge in [-0.1, -0.05) is 29.8 Å². The van der Waals surface area contributed by atoms with Gasteiger partial charge in [0, 0.05) is 63.3 Å². The van der Waals surface area contributed by atoms with Gasteiger partial charge in [-0.3, -0.25) is 14.7 Å². The fourth-order valence-corrected chi connectivity index (χ4v) is 5.57. The van der Waals surface area contributed by atoms with Gasteiger partial charge >= 0.3 is 36.4 Å². The number of benzene rings is 1. The highest BCUT2D eigenvalue weighted by Crippen LogP contribution is 2.50. The van der Waals surface area contributed by atoms with Crippen LogP contribution in [-0.4, -0.2) is 102 Å². The summed E-state index contributed by atoms with van der Waals surface area (Å²) in [7, 11) is 0. The Morgan fingerprint density at radius 3 is 1.81 bits per heavy atom. The third kappa shape index (κ3) is 13.0. The van der Waals surface area contributed by atoms with Gasteiger partial charge in [-0.2, -0.15) is 39.5 Å². The first-order valence-corrected chi connectivity index (χ1v) is 15.7. The van der Waals surface area contributed by atoms with Crippen molar-refractivity contribution in [3.63, 3.8) is 0 Å². The van der Waals surface area contributed by atoms with Gasteiger partial charge in [-0.05, 0) is 50.5 Å². The van der Waals surface area contributed by atoms with Gasteiger partial charge in [0.15, 0.2) is 0 Å². The maximum atomic E-state index is 14.0. The minimum Gasteiger partial charge on any atom is -0.475 e. The van der Waals surface area contributed by atoms with Crippen LogP contribution in [0, 0.1) is 12.3 Å².